The minimum atomic E-state index is 0. The molecule has 0 saturated carbocycles. The van der Waals surface area contributed by atoms with Gasteiger partial charge >= 0.3 is 0 Å². The summed E-state index contributed by atoms with van der Waals surface area (Å²) in [6.45, 7) is 0. The molecule has 6 heavy (non-hydrogen) atoms. The van der Waals surface area contributed by atoms with E-state index < -0.39 is 0 Å². The van der Waals surface area contributed by atoms with Crippen LogP contribution in [0.2, 0.25) is 0 Å². The highest BCUT2D eigenvalue weighted by atomic mass is 16.3. The highest BCUT2D eigenvalue weighted by Crippen LogP contribution is 1.72. The van der Waals surface area contributed by atoms with Crippen LogP contribution >= 0.6 is 0 Å². The van der Waals surface area contributed by atoms with Crippen LogP contribution in [0.15, 0.2) is 23.3 Å². The average molecular weight is 85.1 g/mol. The van der Waals surface area contributed by atoms with Crippen LogP contribution in [0.5, 0.6) is 0 Å². The largest absolute Gasteiger partial charge is 0.452 e. The summed E-state index contributed by atoms with van der Waals surface area (Å²) < 4.78 is 4.47. The predicted molar refractivity (Wildman–Crippen MR) is 23.2 cm³/mol. The van der Waals surface area contributed by atoms with Crippen LogP contribution in [-0.2, 0) is 0 Å². The van der Waals surface area contributed by atoms with E-state index in [0.29, 0.717) is 0 Å². The summed E-state index contributed by atoms with van der Waals surface area (Å²) in [6, 6.07) is 0. The van der Waals surface area contributed by atoms with Crippen LogP contribution in [0, 0.1) is 0 Å². The molecule has 0 saturated heterocycles. The first-order chi connectivity index (χ1) is 2.50. The van der Waals surface area contributed by atoms with Gasteiger partial charge in [0.05, 0.1) is 6.20 Å². The fraction of sp³-hybridized carbons (Fsp3) is 0.250. The van der Waals surface area contributed by atoms with Crippen molar-refractivity contribution in [2.24, 2.45) is 0 Å². The van der Waals surface area contributed by atoms with Crippen LogP contribution in [0.1, 0.15) is 7.43 Å². The molecule has 0 spiro atoms. The molecule has 0 aliphatic carbocycles. The maximum Gasteiger partial charge on any atom is 0.180 e. The van der Waals surface area contributed by atoms with Crippen molar-refractivity contribution in [1.29, 1.82) is 0 Å². The van der Waals surface area contributed by atoms with Gasteiger partial charge < -0.3 is 4.42 Å². The standard InChI is InChI=1S/C3H3NO.CH4/c1-2-5-3-4-1;/h1-3H;1H4. The van der Waals surface area contributed by atoms with E-state index in [1.165, 1.54) is 12.7 Å². The number of nitrogens with zero attached hydrogens (tertiary/aromatic N) is 1. The first kappa shape index (κ1) is 5.21. The third-order valence-corrected chi connectivity index (χ3v) is 0.347. The molecule has 34 valence electrons. The minimum absolute atomic E-state index is 0. The summed E-state index contributed by atoms with van der Waals surface area (Å²) in [7, 11) is 0. The van der Waals surface area contributed by atoms with E-state index in [-0.39, 0.29) is 7.43 Å². The predicted octanol–water partition coefficient (Wildman–Crippen LogP) is 1.31. The molecular weight excluding hydrogens is 78.1 g/mol. The van der Waals surface area contributed by atoms with Gasteiger partial charge in [-0.05, 0) is 0 Å². The van der Waals surface area contributed by atoms with Gasteiger partial charge in [-0.15, -0.1) is 0 Å². The van der Waals surface area contributed by atoms with Crippen molar-refractivity contribution in [1.82, 2.24) is 4.98 Å². The number of aromatic nitrogens is 1. The van der Waals surface area contributed by atoms with E-state index in [1.807, 2.05) is 0 Å². The Labute approximate surface area is 36.8 Å². The molecule has 0 amide bonds. The molecule has 0 bridgehead atoms. The quantitative estimate of drug-likeness (QED) is 0.474. The van der Waals surface area contributed by atoms with Crippen molar-refractivity contribution < 1.29 is 4.42 Å². The summed E-state index contributed by atoms with van der Waals surface area (Å²) in [5, 5.41) is 0. The summed E-state index contributed by atoms with van der Waals surface area (Å²) in [5.74, 6) is 0. The minimum Gasteiger partial charge on any atom is -0.452 e. The van der Waals surface area contributed by atoms with Crippen molar-refractivity contribution in [3.8, 4) is 0 Å². The lowest BCUT2D eigenvalue weighted by molar-refractivity contribution is 0.558. The molecule has 1 aromatic heterocycles. The van der Waals surface area contributed by atoms with Gasteiger partial charge in [-0.25, -0.2) is 4.98 Å². The van der Waals surface area contributed by atoms with E-state index in [2.05, 4.69) is 9.40 Å². The summed E-state index contributed by atoms with van der Waals surface area (Å²) in [5.41, 5.74) is 0. The second-order valence-corrected chi connectivity index (χ2v) is 0.676. The zero-order valence-electron chi connectivity index (χ0n) is 2.59. The van der Waals surface area contributed by atoms with E-state index in [1.54, 1.807) is 6.20 Å². The van der Waals surface area contributed by atoms with Crippen LogP contribution in [0.3, 0.4) is 0 Å². The van der Waals surface area contributed by atoms with Gasteiger partial charge in [-0.1, -0.05) is 7.43 Å². The Balaban J connectivity index is 0.000000250. The monoisotopic (exact) mass is 85.1 g/mol. The zero-order chi connectivity index (χ0) is 3.54. The van der Waals surface area contributed by atoms with E-state index in [0.717, 1.165) is 0 Å². The molecular formula is C4H7NO. The van der Waals surface area contributed by atoms with Crippen molar-refractivity contribution >= 4 is 0 Å². The summed E-state index contributed by atoms with van der Waals surface area (Å²) in [4.78, 5) is 3.56. The second-order valence-electron chi connectivity index (χ2n) is 0.676. The molecule has 1 aromatic rings. The van der Waals surface area contributed by atoms with Crippen LogP contribution in [0.4, 0.5) is 0 Å². The fourth-order valence-electron chi connectivity index (χ4n) is 0.176. The van der Waals surface area contributed by atoms with Crippen molar-refractivity contribution in [3.63, 3.8) is 0 Å². The first-order valence-electron chi connectivity index (χ1n) is 1.32. The van der Waals surface area contributed by atoms with Gasteiger partial charge in [0.15, 0.2) is 6.39 Å². The number of oxazole rings is 1. The molecule has 2 nitrogen and oxygen atoms in total. The normalized spacial score (nSPS) is 6.67. The Hall–Kier alpha value is -0.790. The Bertz CT molecular complexity index is 64.0. The molecule has 2 heteroatoms. The molecule has 0 aromatic carbocycles. The van der Waals surface area contributed by atoms with Gasteiger partial charge in [0.25, 0.3) is 0 Å². The lowest BCUT2D eigenvalue weighted by Crippen LogP contribution is -1.38. The van der Waals surface area contributed by atoms with Crippen molar-refractivity contribution in [2.75, 3.05) is 0 Å². The molecule has 0 N–H and O–H groups in total. The van der Waals surface area contributed by atoms with Crippen molar-refractivity contribution in [3.05, 3.63) is 18.9 Å². The SMILES string of the molecule is C.c1cocn1. The average Bonchev–Trinajstić information content (AvgIpc) is 1.76. The molecule has 0 unspecified atom stereocenters. The third-order valence-electron chi connectivity index (χ3n) is 0.347. The van der Waals surface area contributed by atoms with Gasteiger partial charge in [0, 0.05) is 0 Å². The molecule has 0 aliphatic heterocycles. The lowest BCUT2D eigenvalue weighted by Gasteiger charge is -1.47. The van der Waals surface area contributed by atoms with Crippen LogP contribution < -0.4 is 0 Å². The summed E-state index contributed by atoms with van der Waals surface area (Å²) in [6.07, 6.45) is 4.47. The maximum absolute atomic E-state index is 4.47. The Morgan fingerprint density at radius 2 is 2.33 bits per heavy atom. The van der Waals surface area contributed by atoms with Crippen LogP contribution in [0.25, 0.3) is 0 Å². The maximum atomic E-state index is 4.47. The Morgan fingerprint density at radius 3 is 2.50 bits per heavy atom. The van der Waals surface area contributed by atoms with E-state index in [9.17, 15) is 0 Å². The van der Waals surface area contributed by atoms with Crippen molar-refractivity contribution in [2.45, 2.75) is 7.43 Å². The lowest BCUT2D eigenvalue weighted by atomic mass is 11.0. The topological polar surface area (TPSA) is 26.0 Å². The molecule has 0 radical (unpaired) electrons. The molecule has 1 heterocycles. The Morgan fingerprint density at radius 1 is 1.50 bits per heavy atom. The van der Waals surface area contributed by atoms with E-state index >= 15 is 0 Å². The molecule has 0 aliphatic rings. The number of rotatable bonds is 0. The smallest absolute Gasteiger partial charge is 0.180 e. The van der Waals surface area contributed by atoms with Gasteiger partial charge in [0.2, 0.25) is 0 Å². The molecule has 0 fully saturated rings. The van der Waals surface area contributed by atoms with Crippen LogP contribution in [-0.4, -0.2) is 4.98 Å². The van der Waals surface area contributed by atoms with Gasteiger partial charge in [0.1, 0.15) is 6.26 Å². The third kappa shape index (κ3) is 0.885. The Kier molecular flexibility index (Phi) is 2.13. The van der Waals surface area contributed by atoms with Gasteiger partial charge in [-0.3, -0.25) is 0 Å². The van der Waals surface area contributed by atoms with E-state index in [4.69, 9.17) is 0 Å². The highest BCUT2D eigenvalue weighted by molar-refractivity contribution is 4.56. The second kappa shape index (κ2) is 2.45. The highest BCUT2D eigenvalue weighted by Gasteiger charge is 1.59. The molecule has 1 rings (SSSR count). The number of hydrogen-bond donors (Lipinski definition) is 0. The summed E-state index contributed by atoms with van der Waals surface area (Å²) >= 11 is 0. The fourth-order valence-corrected chi connectivity index (χ4v) is 0.176. The van der Waals surface area contributed by atoms with Gasteiger partial charge in [-0.2, -0.15) is 0 Å². The number of hydrogen-bond acceptors (Lipinski definition) is 2. The zero-order valence-corrected chi connectivity index (χ0v) is 2.59. The molecule has 0 atom stereocenters. The first-order valence-corrected chi connectivity index (χ1v) is 1.32.